The van der Waals surface area contributed by atoms with Crippen LogP contribution in [0.25, 0.3) is 0 Å². The van der Waals surface area contributed by atoms with Crippen LogP contribution in [0.3, 0.4) is 0 Å². The fraction of sp³-hybridized carbons (Fsp3) is 0.538. The predicted molar refractivity (Wildman–Crippen MR) is 71.5 cm³/mol. The summed E-state index contributed by atoms with van der Waals surface area (Å²) < 4.78 is 10.2. The van der Waals surface area contributed by atoms with Gasteiger partial charge in [0.25, 0.3) is 5.91 Å². The number of carbonyl (C=O) groups is 1. The van der Waals surface area contributed by atoms with Crippen LogP contribution >= 0.6 is 0 Å². The number of carbonyl (C=O) groups excluding carboxylic acids is 1. The van der Waals surface area contributed by atoms with Gasteiger partial charge in [-0.05, 0) is 12.1 Å². The van der Waals surface area contributed by atoms with E-state index in [9.17, 15) is 4.79 Å². The third-order valence-electron chi connectivity index (χ3n) is 2.95. The number of rotatable bonds is 5. The van der Waals surface area contributed by atoms with Crippen molar-refractivity contribution in [3.05, 3.63) is 24.0 Å². The zero-order chi connectivity index (χ0) is 13.5. The molecule has 0 saturated carbocycles. The van der Waals surface area contributed by atoms with Gasteiger partial charge in [-0.15, -0.1) is 0 Å². The minimum absolute atomic E-state index is 0.175. The van der Waals surface area contributed by atoms with Crippen molar-refractivity contribution in [1.29, 1.82) is 0 Å². The summed E-state index contributed by atoms with van der Waals surface area (Å²) in [5, 5.41) is 2.74. The smallest absolute Gasteiger partial charge is 0.269 e. The van der Waals surface area contributed by atoms with Gasteiger partial charge in [0, 0.05) is 26.7 Å². The fourth-order valence-electron chi connectivity index (χ4n) is 1.89. The minimum atomic E-state index is -0.175. The molecule has 6 nitrogen and oxygen atoms in total. The third-order valence-corrected chi connectivity index (χ3v) is 2.95. The van der Waals surface area contributed by atoms with Crippen molar-refractivity contribution < 1.29 is 14.3 Å². The topological polar surface area (TPSA) is 63.7 Å². The molecule has 2 rings (SSSR count). The van der Waals surface area contributed by atoms with Gasteiger partial charge in [0.2, 0.25) is 0 Å². The molecule has 0 spiro atoms. The van der Waals surface area contributed by atoms with Crippen molar-refractivity contribution in [1.82, 2.24) is 10.3 Å². The summed E-state index contributed by atoms with van der Waals surface area (Å²) >= 11 is 0. The lowest BCUT2D eigenvalue weighted by Crippen LogP contribution is -2.36. The van der Waals surface area contributed by atoms with Crippen LogP contribution in [-0.2, 0) is 9.47 Å². The van der Waals surface area contributed by atoms with Gasteiger partial charge in [0.1, 0.15) is 5.69 Å². The highest BCUT2D eigenvalue weighted by Gasteiger charge is 2.12. The van der Waals surface area contributed by atoms with Crippen molar-refractivity contribution in [2.24, 2.45) is 0 Å². The predicted octanol–water partition coefficient (Wildman–Crippen LogP) is 0.294. The second-order valence-corrected chi connectivity index (χ2v) is 4.25. The van der Waals surface area contributed by atoms with Crippen molar-refractivity contribution in [3.8, 4) is 0 Å². The first-order valence-electron chi connectivity index (χ1n) is 6.37. The number of nitrogens with one attached hydrogen (secondary N) is 1. The summed E-state index contributed by atoms with van der Waals surface area (Å²) in [7, 11) is 1.60. The number of hydrogen-bond donors (Lipinski definition) is 1. The van der Waals surface area contributed by atoms with Crippen molar-refractivity contribution in [2.75, 3.05) is 51.5 Å². The number of morpholine rings is 1. The van der Waals surface area contributed by atoms with Gasteiger partial charge in [-0.25, -0.2) is 4.98 Å². The Labute approximate surface area is 112 Å². The Morgan fingerprint density at radius 3 is 2.89 bits per heavy atom. The molecule has 0 aromatic carbocycles. The van der Waals surface area contributed by atoms with Crippen LogP contribution in [0.15, 0.2) is 18.3 Å². The first kappa shape index (κ1) is 13.8. The molecule has 1 aliphatic rings. The second-order valence-electron chi connectivity index (χ2n) is 4.25. The number of pyridine rings is 1. The van der Waals surface area contributed by atoms with E-state index in [1.54, 1.807) is 19.4 Å². The molecule has 0 aliphatic carbocycles. The molecule has 0 unspecified atom stereocenters. The van der Waals surface area contributed by atoms with Gasteiger partial charge < -0.3 is 19.7 Å². The average molecular weight is 265 g/mol. The summed E-state index contributed by atoms with van der Waals surface area (Å²) in [6.45, 7) is 4.18. The maximum Gasteiger partial charge on any atom is 0.269 e. The number of ether oxygens (including phenoxy) is 2. The molecule has 1 aliphatic heterocycles. The quantitative estimate of drug-likeness (QED) is 0.776. The summed E-state index contributed by atoms with van der Waals surface area (Å²) in [6, 6.07) is 3.66. The highest BCUT2D eigenvalue weighted by atomic mass is 16.5. The highest BCUT2D eigenvalue weighted by molar-refractivity contribution is 5.92. The van der Waals surface area contributed by atoms with Crippen LogP contribution in [0.1, 0.15) is 10.5 Å². The lowest BCUT2D eigenvalue weighted by molar-refractivity contribution is 0.0932. The fourth-order valence-corrected chi connectivity index (χ4v) is 1.89. The molecule has 2 heterocycles. The summed E-state index contributed by atoms with van der Waals surface area (Å²) in [6.07, 6.45) is 1.73. The molecule has 0 atom stereocenters. The van der Waals surface area contributed by atoms with E-state index in [1.807, 2.05) is 6.07 Å². The van der Waals surface area contributed by atoms with Crippen LogP contribution in [0, 0.1) is 0 Å². The summed E-state index contributed by atoms with van der Waals surface area (Å²) in [4.78, 5) is 18.1. The highest BCUT2D eigenvalue weighted by Crippen LogP contribution is 2.14. The van der Waals surface area contributed by atoms with Crippen molar-refractivity contribution in [3.63, 3.8) is 0 Å². The third kappa shape index (κ3) is 3.90. The molecule has 104 valence electrons. The van der Waals surface area contributed by atoms with Gasteiger partial charge in [-0.2, -0.15) is 0 Å². The number of aromatic nitrogens is 1. The lowest BCUT2D eigenvalue weighted by atomic mass is 10.3. The van der Waals surface area contributed by atoms with E-state index in [4.69, 9.17) is 9.47 Å². The average Bonchev–Trinajstić information content (AvgIpc) is 2.48. The van der Waals surface area contributed by atoms with E-state index in [-0.39, 0.29) is 5.91 Å². The molecular formula is C13H19N3O3. The van der Waals surface area contributed by atoms with Crippen molar-refractivity contribution in [2.45, 2.75) is 0 Å². The van der Waals surface area contributed by atoms with E-state index in [0.29, 0.717) is 18.8 Å². The SMILES string of the molecule is COCCNC(=O)c1ccc(N2CCOCC2)cn1. The normalized spacial score (nSPS) is 15.3. The Balaban J connectivity index is 1.91. The number of anilines is 1. The van der Waals surface area contributed by atoms with E-state index in [1.165, 1.54) is 0 Å². The van der Waals surface area contributed by atoms with Crippen LogP contribution in [-0.4, -0.2) is 57.5 Å². The molecule has 1 N–H and O–H groups in total. The van der Waals surface area contributed by atoms with Crippen LogP contribution in [0.2, 0.25) is 0 Å². The Kier molecular flexibility index (Phi) is 5.11. The lowest BCUT2D eigenvalue weighted by Gasteiger charge is -2.28. The van der Waals surface area contributed by atoms with Gasteiger partial charge in [-0.1, -0.05) is 0 Å². The van der Waals surface area contributed by atoms with Gasteiger partial charge in [0.15, 0.2) is 0 Å². The molecule has 0 bridgehead atoms. The molecular weight excluding hydrogens is 246 g/mol. The Bertz CT molecular complexity index is 402. The zero-order valence-corrected chi connectivity index (χ0v) is 11.1. The minimum Gasteiger partial charge on any atom is -0.383 e. The Hall–Kier alpha value is -1.66. The molecule has 19 heavy (non-hydrogen) atoms. The number of nitrogens with zero attached hydrogens (tertiary/aromatic N) is 2. The molecule has 1 aromatic heterocycles. The number of amides is 1. The number of hydrogen-bond acceptors (Lipinski definition) is 5. The van der Waals surface area contributed by atoms with Crippen LogP contribution in [0.5, 0.6) is 0 Å². The first-order valence-corrected chi connectivity index (χ1v) is 6.37. The summed E-state index contributed by atoms with van der Waals surface area (Å²) in [5.41, 5.74) is 1.45. The Morgan fingerprint density at radius 1 is 1.47 bits per heavy atom. The molecule has 1 fully saturated rings. The van der Waals surface area contributed by atoms with E-state index >= 15 is 0 Å². The van der Waals surface area contributed by atoms with Gasteiger partial charge in [-0.3, -0.25) is 4.79 Å². The molecule has 1 saturated heterocycles. The van der Waals surface area contributed by atoms with Crippen molar-refractivity contribution >= 4 is 11.6 Å². The van der Waals surface area contributed by atoms with E-state index in [0.717, 1.165) is 32.0 Å². The van der Waals surface area contributed by atoms with Crippen LogP contribution in [0.4, 0.5) is 5.69 Å². The molecule has 6 heteroatoms. The van der Waals surface area contributed by atoms with E-state index in [2.05, 4.69) is 15.2 Å². The Morgan fingerprint density at radius 2 is 2.26 bits per heavy atom. The molecule has 1 amide bonds. The second kappa shape index (κ2) is 7.06. The monoisotopic (exact) mass is 265 g/mol. The molecule has 0 radical (unpaired) electrons. The maximum atomic E-state index is 11.7. The molecule has 1 aromatic rings. The van der Waals surface area contributed by atoms with Gasteiger partial charge in [0.05, 0.1) is 31.7 Å². The van der Waals surface area contributed by atoms with Crippen LogP contribution < -0.4 is 10.2 Å². The number of methoxy groups -OCH3 is 1. The van der Waals surface area contributed by atoms with E-state index < -0.39 is 0 Å². The van der Waals surface area contributed by atoms with Gasteiger partial charge >= 0.3 is 0 Å². The summed E-state index contributed by atoms with van der Waals surface area (Å²) in [5.74, 6) is -0.175. The maximum absolute atomic E-state index is 11.7. The standard InChI is InChI=1S/C13H19N3O3/c1-18-7-4-14-13(17)12-3-2-11(10-15-12)16-5-8-19-9-6-16/h2-3,10H,4-9H2,1H3,(H,14,17). The largest absolute Gasteiger partial charge is 0.383 e. The first-order chi connectivity index (χ1) is 9.31. The zero-order valence-electron chi connectivity index (χ0n) is 11.1.